The van der Waals surface area contributed by atoms with Gasteiger partial charge < -0.3 is 9.52 Å². The van der Waals surface area contributed by atoms with Gasteiger partial charge in [-0.1, -0.05) is 30.4 Å². The first kappa shape index (κ1) is 18.3. The normalized spacial score (nSPS) is 19.0. The van der Waals surface area contributed by atoms with E-state index in [0.29, 0.717) is 22.5 Å². The Kier molecular flexibility index (Phi) is 4.60. The smallest absolute Gasteiger partial charge is 0.230 e. The maximum atomic E-state index is 13.5. The number of aromatic nitrogens is 3. The van der Waals surface area contributed by atoms with E-state index in [-0.39, 0.29) is 17.7 Å². The van der Waals surface area contributed by atoms with E-state index in [1.165, 1.54) is 34.4 Å². The maximum absolute atomic E-state index is 13.5. The second-order valence-electron chi connectivity index (χ2n) is 7.59. The monoisotopic (exact) mass is 412 g/mol. The molecule has 29 heavy (non-hydrogen) atoms. The molecular formula is C21H21FN4O2S. The van der Waals surface area contributed by atoms with Crippen LogP contribution < -0.4 is 0 Å². The molecule has 2 atom stereocenters. The third-order valence-electron chi connectivity index (χ3n) is 5.43. The van der Waals surface area contributed by atoms with Crippen LogP contribution in [0.5, 0.6) is 5.88 Å². The van der Waals surface area contributed by atoms with Crippen LogP contribution >= 0.6 is 11.3 Å². The van der Waals surface area contributed by atoms with E-state index in [9.17, 15) is 9.50 Å². The van der Waals surface area contributed by atoms with Gasteiger partial charge in [0, 0.05) is 6.54 Å². The minimum Gasteiger partial charge on any atom is -0.492 e. The molecule has 4 heterocycles. The van der Waals surface area contributed by atoms with Gasteiger partial charge in [-0.15, -0.1) is 5.10 Å². The lowest BCUT2D eigenvalue weighted by Gasteiger charge is -2.37. The van der Waals surface area contributed by atoms with E-state index in [0.717, 1.165) is 30.0 Å². The first-order valence-corrected chi connectivity index (χ1v) is 10.5. The van der Waals surface area contributed by atoms with Crippen LogP contribution in [0.3, 0.4) is 0 Å². The average Bonchev–Trinajstić information content (AvgIpc) is 3.43. The highest BCUT2D eigenvalue weighted by atomic mass is 32.1. The molecule has 4 aromatic rings. The van der Waals surface area contributed by atoms with Gasteiger partial charge in [0.2, 0.25) is 16.7 Å². The largest absolute Gasteiger partial charge is 0.492 e. The molecule has 1 N–H and O–H groups in total. The summed E-state index contributed by atoms with van der Waals surface area (Å²) in [6, 6.07) is 9.92. The molecule has 1 aliphatic rings. The third kappa shape index (κ3) is 3.32. The summed E-state index contributed by atoms with van der Waals surface area (Å²) >= 11 is 1.41. The highest BCUT2D eigenvalue weighted by Crippen LogP contribution is 2.41. The van der Waals surface area contributed by atoms with E-state index < -0.39 is 0 Å². The second-order valence-corrected chi connectivity index (χ2v) is 8.60. The first-order valence-electron chi connectivity index (χ1n) is 9.72. The molecule has 150 valence electrons. The van der Waals surface area contributed by atoms with Crippen molar-refractivity contribution in [1.29, 1.82) is 0 Å². The third-order valence-corrected chi connectivity index (χ3v) is 6.50. The van der Waals surface area contributed by atoms with E-state index in [1.54, 1.807) is 30.5 Å². The summed E-state index contributed by atoms with van der Waals surface area (Å²) < 4.78 is 20.4. The van der Waals surface area contributed by atoms with Gasteiger partial charge in [0.15, 0.2) is 5.76 Å². The zero-order valence-electron chi connectivity index (χ0n) is 16.0. The minimum absolute atomic E-state index is 0.0721. The lowest BCUT2D eigenvalue weighted by Crippen LogP contribution is -2.37. The molecule has 3 aromatic heterocycles. The van der Waals surface area contributed by atoms with Crippen molar-refractivity contribution in [2.45, 2.75) is 25.8 Å². The number of hydrogen-bond acceptors (Lipinski definition) is 6. The Labute approximate surface area is 171 Å². The molecule has 5 rings (SSSR count). The predicted octanol–water partition coefficient (Wildman–Crippen LogP) is 4.72. The number of furan rings is 1. The first-order chi connectivity index (χ1) is 14.1. The Morgan fingerprint density at radius 3 is 2.79 bits per heavy atom. The number of benzene rings is 1. The molecule has 0 aliphatic carbocycles. The van der Waals surface area contributed by atoms with Crippen LogP contribution in [0.1, 0.15) is 36.2 Å². The van der Waals surface area contributed by atoms with Crippen LogP contribution in [0.15, 0.2) is 47.1 Å². The summed E-state index contributed by atoms with van der Waals surface area (Å²) in [4.78, 5) is 8.25. The highest BCUT2D eigenvalue weighted by molar-refractivity contribution is 7.17. The van der Waals surface area contributed by atoms with Crippen molar-refractivity contribution in [3.05, 3.63) is 58.9 Å². The van der Waals surface area contributed by atoms with Crippen molar-refractivity contribution in [1.82, 2.24) is 19.5 Å². The van der Waals surface area contributed by atoms with Crippen LogP contribution in [-0.2, 0) is 0 Å². The minimum atomic E-state index is -0.269. The Morgan fingerprint density at radius 2 is 2.10 bits per heavy atom. The number of thiazole rings is 1. The Balaban J connectivity index is 1.59. The second kappa shape index (κ2) is 7.27. The van der Waals surface area contributed by atoms with Crippen molar-refractivity contribution in [2.75, 3.05) is 13.1 Å². The molecule has 0 spiro atoms. The molecular weight excluding hydrogens is 391 g/mol. The molecule has 1 aliphatic heterocycles. The topological polar surface area (TPSA) is 66.8 Å². The lowest BCUT2D eigenvalue weighted by molar-refractivity contribution is 0.149. The van der Waals surface area contributed by atoms with Crippen molar-refractivity contribution < 1.29 is 13.9 Å². The van der Waals surface area contributed by atoms with Gasteiger partial charge in [0.05, 0.1) is 17.2 Å². The van der Waals surface area contributed by atoms with Gasteiger partial charge in [0.1, 0.15) is 5.82 Å². The van der Waals surface area contributed by atoms with Crippen LogP contribution in [0.2, 0.25) is 0 Å². The van der Waals surface area contributed by atoms with Gasteiger partial charge >= 0.3 is 0 Å². The van der Waals surface area contributed by atoms with Crippen LogP contribution in [-0.4, -0.2) is 37.7 Å². The van der Waals surface area contributed by atoms with Gasteiger partial charge in [-0.3, -0.25) is 4.90 Å². The van der Waals surface area contributed by atoms with E-state index in [4.69, 9.17) is 4.42 Å². The van der Waals surface area contributed by atoms with E-state index in [1.807, 2.05) is 0 Å². The molecule has 6 nitrogen and oxygen atoms in total. The number of hydrogen-bond donors (Lipinski definition) is 1. The van der Waals surface area contributed by atoms with Crippen molar-refractivity contribution in [3.63, 3.8) is 0 Å². The predicted molar refractivity (Wildman–Crippen MR) is 108 cm³/mol. The summed E-state index contributed by atoms with van der Waals surface area (Å²) in [7, 11) is 0. The number of piperidine rings is 1. The summed E-state index contributed by atoms with van der Waals surface area (Å²) in [6.45, 7) is 4.09. The van der Waals surface area contributed by atoms with Crippen molar-refractivity contribution >= 4 is 16.3 Å². The number of halogens is 1. The van der Waals surface area contributed by atoms with E-state index >= 15 is 0 Å². The van der Waals surface area contributed by atoms with Gasteiger partial charge in [-0.05, 0) is 55.1 Å². The fourth-order valence-electron chi connectivity index (χ4n) is 4.07. The van der Waals surface area contributed by atoms with Gasteiger partial charge in [-0.2, -0.15) is 9.50 Å². The summed E-state index contributed by atoms with van der Waals surface area (Å²) in [5.41, 5.74) is 0.951. The molecule has 1 aromatic carbocycles. The Hall–Kier alpha value is -2.71. The standard InChI is InChI=1S/C21H21FN4O2S/c1-13-4-2-10-25(12-13)17(14-6-8-15(22)9-7-14)18-20(27)26-21(29-18)23-19(24-26)16-5-3-11-28-16/h3,5-9,11,13,17,27H,2,4,10,12H2,1H3/t13-,17-/m0/s1. The molecule has 8 heteroatoms. The van der Waals surface area contributed by atoms with Crippen LogP contribution in [0, 0.1) is 11.7 Å². The van der Waals surface area contributed by atoms with Crippen LogP contribution in [0.25, 0.3) is 16.5 Å². The molecule has 1 saturated heterocycles. The Bertz CT molecular complexity index is 1120. The summed E-state index contributed by atoms with van der Waals surface area (Å²) in [5.74, 6) is 1.37. The fraction of sp³-hybridized carbons (Fsp3) is 0.333. The molecule has 0 saturated carbocycles. The molecule has 0 bridgehead atoms. The number of nitrogens with zero attached hydrogens (tertiary/aromatic N) is 4. The number of rotatable bonds is 4. The number of likely N-dealkylation sites (tertiary alicyclic amines) is 1. The highest BCUT2D eigenvalue weighted by Gasteiger charge is 2.32. The summed E-state index contributed by atoms with van der Waals surface area (Å²) in [5, 5.41) is 15.4. The quantitative estimate of drug-likeness (QED) is 0.526. The molecule has 1 fully saturated rings. The number of fused-ring (bicyclic) bond motifs is 1. The van der Waals surface area contributed by atoms with E-state index in [2.05, 4.69) is 21.9 Å². The van der Waals surface area contributed by atoms with Crippen molar-refractivity contribution in [2.24, 2.45) is 5.92 Å². The van der Waals surface area contributed by atoms with Gasteiger partial charge in [-0.25, -0.2) is 4.39 Å². The zero-order valence-corrected chi connectivity index (χ0v) is 16.8. The zero-order chi connectivity index (χ0) is 20.0. The Morgan fingerprint density at radius 1 is 1.28 bits per heavy atom. The van der Waals surface area contributed by atoms with Gasteiger partial charge in [0.25, 0.3) is 0 Å². The summed E-state index contributed by atoms with van der Waals surface area (Å²) in [6.07, 6.45) is 3.86. The average molecular weight is 412 g/mol. The fourth-order valence-corrected chi connectivity index (χ4v) is 5.19. The SMILES string of the molecule is C[C@H]1CCCN([C@@H](c2ccc(F)cc2)c2sc3nc(-c4ccco4)nn3c2O)C1. The molecule has 0 unspecified atom stereocenters. The number of aromatic hydroxyl groups is 1. The lowest BCUT2D eigenvalue weighted by atomic mass is 9.95. The van der Waals surface area contributed by atoms with Crippen molar-refractivity contribution in [3.8, 4) is 17.5 Å². The maximum Gasteiger partial charge on any atom is 0.230 e. The molecule has 0 amide bonds. The van der Waals surface area contributed by atoms with Crippen LogP contribution in [0.4, 0.5) is 4.39 Å². The molecule has 0 radical (unpaired) electrons.